The Bertz CT molecular complexity index is 411. The molecule has 1 amide bonds. The zero-order valence-corrected chi connectivity index (χ0v) is 12.4. The van der Waals surface area contributed by atoms with Crippen LogP contribution in [0.2, 0.25) is 0 Å². The molecule has 0 unspecified atom stereocenters. The van der Waals surface area contributed by atoms with Crippen LogP contribution in [0.5, 0.6) is 0 Å². The first-order valence-electron chi connectivity index (χ1n) is 7.06. The van der Waals surface area contributed by atoms with Crippen LogP contribution in [-0.4, -0.2) is 46.3 Å². The van der Waals surface area contributed by atoms with Crippen molar-refractivity contribution in [1.29, 1.82) is 0 Å². The number of aliphatic carboxylic acids is 1. The lowest BCUT2D eigenvalue weighted by molar-refractivity contribution is -0.156. The van der Waals surface area contributed by atoms with Crippen molar-refractivity contribution in [2.24, 2.45) is 11.1 Å². The topological polar surface area (TPSA) is 92.9 Å². The van der Waals surface area contributed by atoms with E-state index in [2.05, 4.69) is 0 Å². The van der Waals surface area contributed by atoms with Crippen LogP contribution in [0.1, 0.15) is 46.5 Å². The minimum absolute atomic E-state index is 0.00561. The first kappa shape index (κ1) is 15.1. The van der Waals surface area contributed by atoms with Gasteiger partial charge in [-0.15, -0.1) is 0 Å². The van der Waals surface area contributed by atoms with E-state index in [1.54, 1.807) is 4.90 Å². The van der Waals surface area contributed by atoms with Gasteiger partial charge in [-0.25, -0.2) is 4.79 Å². The quantitative estimate of drug-likeness (QED) is 0.762. The molecule has 2 aliphatic rings. The number of amides is 1. The molecule has 3 N–H and O–H groups in total. The lowest BCUT2D eigenvalue weighted by Crippen LogP contribution is -2.65. The fourth-order valence-corrected chi connectivity index (χ4v) is 3.28. The van der Waals surface area contributed by atoms with E-state index < -0.39 is 17.1 Å². The predicted molar refractivity (Wildman–Crippen MR) is 73.3 cm³/mol. The molecule has 6 nitrogen and oxygen atoms in total. The normalized spacial score (nSPS) is 24.1. The third-order valence-electron chi connectivity index (χ3n) is 4.28. The van der Waals surface area contributed by atoms with Crippen LogP contribution < -0.4 is 5.73 Å². The average Bonchev–Trinajstić information content (AvgIpc) is 2.25. The molecule has 0 atom stereocenters. The molecule has 2 rings (SSSR count). The molecule has 0 bridgehead atoms. The molecule has 1 aliphatic heterocycles. The highest BCUT2D eigenvalue weighted by Gasteiger charge is 2.57. The van der Waals surface area contributed by atoms with Gasteiger partial charge in [0.2, 0.25) is 0 Å². The van der Waals surface area contributed by atoms with Crippen LogP contribution in [0.3, 0.4) is 0 Å². The highest BCUT2D eigenvalue weighted by molar-refractivity contribution is 5.80. The lowest BCUT2D eigenvalue weighted by atomic mass is 9.54. The third kappa shape index (κ3) is 2.90. The smallest absolute Gasteiger partial charge is 0.410 e. The van der Waals surface area contributed by atoms with Crippen LogP contribution in [-0.2, 0) is 9.53 Å². The Labute approximate surface area is 119 Å². The largest absolute Gasteiger partial charge is 0.480 e. The summed E-state index contributed by atoms with van der Waals surface area (Å²) >= 11 is 0. The van der Waals surface area contributed by atoms with Gasteiger partial charge in [0.05, 0.1) is 0 Å². The van der Waals surface area contributed by atoms with Crippen LogP contribution in [0.25, 0.3) is 0 Å². The molecule has 1 spiro atoms. The zero-order valence-electron chi connectivity index (χ0n) is 12.4. The number of carbonyl (C=O) groups excluding carboxylic acids is 1. The number of nitrogens with two attached hydrogens (primary N) is 1. The van der Waals surface area contributed by atoms with Crippen LogP contribution in [0.15, 0.2) is 0 Å². The molecule has 114 valence electrons. The summed E-state index contributed by atoms with van der Waals surface area (Å²) in [5.41, 5.74) is 4.28. The van der Waals surface area contributed by atoms with Gasteiger partial charge in [-0.05, 0) is 51.9 Å². The van der Waals surface area contributed by atoms with E-state index in [0.29, 0.717) is 25.9 Å². The van der Waals surface area contributed by atoms with Gasteiger partial charge in [-0.1, -0.05) is 0 Å². The van der Waals surface area contributed by atoms with Gasteiger partial charge in [0, 0.05) is 13.1 Å². The number of nitrogens with zero attached hydrogens (tertiary/aromatic N) is 1. The number of carboxylic acid groups (broad SMARTS) is 1. The van der Waals surface area contributed by atoms with Gasteiger partial charge >= 0.3 is 12.1 Å². The molecule has 0 aromatic rings. The second kappa shape index (κ2) is 4.62. The number of carboxylic acids is 1. The van der Waals surface area contributed by atoms with Crippen molar-refractivity contribution in [3.8, 4) is 0 Å². The van der Waals surface area contributed by atoms with Gasteiger partial charge in [-0.2, -0.15) is 0 Å². The monoisotopic (exact) mass is 284 g/mol. The van der Waals surface area contributed by atoms with E-state index in [4.69, 9.17) is 15.6 Å². The molecular formula is C14H24N2O4. The van der Waals surface area contributed by atoms with Gasteiger partial charge in [-0.3, -0.25) is 4.79 Å². The molecule has 0 aromatic carbocycles. The second-order valence-corrected chi connectivity index (χ2v) is 7.28. The lowest BCUT2D eigenvalue weighted by Gasteiger charge is -2.55. The first-order chi connectivity index (χ1) is 9.05. The summed E-state index contributed by atoms with van der Waals surface area (Å²) in [6.07, 6.45) is 2.34. The van der Waals surface area contributed by atoms with Gasteiger partial charge < -0.3 is 20.5 Å². The van der Waals surface area contributed by atoms with Crippen molar-refractivity contribution in [1.82, 2.24) is 4.90 Å². The summed E-state index contributed by atoms with van der Waals surface area (Å²) in [4.78, 5) is 24.7. The van der Waals surface area contributed by atoms with E-state index in [0.717, 1.165) is 12.8 Å². The van der Waals surface area contributed by atoms with E-state index in [-0.39, 0.29) is 11.5 Å². The minimum atomic E-state index is -1.06. The number of piperidine rings is 1. The van der Waals surface area contributed by atoms with Crippen LogP contribution in [0, 0.1) is 5.41 Å². The standard InChI is InChI=1S/C14H24N2O4/c1-12(2,3)20-11(19)16-6-4-13(5-7-16)8-14(15,9-13)10(17)18/h4-9,15H2,1-3H3,(H,17,18). The predicted octanol–water partition coefficient (Wildman–Crippen LogP) is 1.58. The SMILES string of the molecule is CC(C)(C)OC(=O)N1CCC2(CC1)CC(N)(C(=O)O)C2. The highest BCUT2D eigenvalue weighted by atomic mass is 16.6. The molecule has 1 saturated carbocycles. The van der Waals surface area contributed by atoms with Crippen molar-refractivity contribution in [2.75, 3.05) is 13.1 Å². The summed E-state index contributed by atoms with van der Waals surface area (Å²) in [5.74, 6) is -0.919. The van der Waals surface area contributed by atoms with Crippen molar-refractivity contribution in [3.63, 3.8) is 0 Å². The van der Waals surface area contributed by atoms with E-state index in [9.17, 15) is 9.59 Å². The zero-order chi connectivity index (χ0) is 15.2. The fourth-order valence-electron chi connectivity index (χ4n) is 3.28. The Balaban J connectivity index is 1.85. The fraction of sp³-hybridized carbons (Fsp3) is 0.857. The third-order valence-corrected chi connectivity index (χ3v) is 4.28. The van der Waals surface area contributed by atoms with Gasteiger partial charge in [0.15, 0.2) is 0 Å². The maximum atomic E-state index is 12.0. The Kier molecular flexibility index (Phi) is 3.48. The van der Waals surface area contributed by atoms with Crippen LogP contribution in [0.4, 0.5) is 4.79 Å². The molecule has 0 radical (unpaired) electrons. The van der Waals surface area contributed by atoms with Crippen molar-refractivity contribution < 1.29 is 19.4 Å². The average molecular weight is 284 g/mol. The van der Waals surface area contributed by atoms with E-state index in [1.807, 2.05) is 20.8 Å². The molecule has 1 aliphatic carbocycles. The maximum absolute atomic E-state index is 12.0. The van der Waals surface area contributed by atoms with Crippen molar-refractivity contribution >= 4 is 12.1 Å². The Morgan fingerprint density at radius 3 is 2.10 bits per heavy atom. The Morgan fingerprint density at radius 2 is 1.70 bits per heavy atom. The highest BCUT2D eigenvalue weighted by Crippen LogP contribution is 2.53. The van der Waals surface area contributed by atoms with E-state index >= 15 is 0 Å². The minimum Gasteiger partial charge on any atom is -0.480 e. The second-order valence-electron chi connectivity index (χ2n) is 7.28. The van der Waals surface area contributed by atoms with Gasteiger partial charge in [0.1, 0.15) is 11.1 Å². The van der Waals surface area contributed by atoms with Crippen molar-refractivity contribution in [2.45, 2.75) is 57.6 Å². The number of hydrogen-bond donors (Lipinski definition) is 2. The summed E-state index contributed by atoms with van der Waals surface area (Å²) in [7, 11) is 0. The Hall–Kier alpha value is -1.30. The number of carbonyl (C=O) groups is 2. The molecule has 2 fully saturated rings. The summed E-state index contributed by atoms with van der Waals surface area (Å²) in [6, 6.07) is 0. The Morgan fingerprint density at radius 1 is 1.20 bits per heavy atom. The summed E-state index contributed by atoms with van der Waals surface area (Å²) in [6.45, 7) is 6.77. The number of likely N-dealkylation sites (tertiary alicyclic amines) is 1. The molecule has 0 aromatic heterocycles. The number of rotatable bonds is 1. The maximum Gasteiger partial charge on any atom is 0.410 e. The van der Waals surface area contributed by atoms with E-state index in [1.165, 1.54) is 0 Å². The molecule has 1 heterocycles. The summed E-state index contributed by atoms with van der Waals surface area (Å²) in [5, 5.41) is 9.06. The van der Waals surface area contributed by atoms with Crippen molar-refractivity contribution in [3.05, 3.63) is 0 Å². The molecule has 6 heteroatoms. The summed E-state index contributed by atoms with van der Waals surface area (Å²) < 4.78 is 5.34. The molecular weight excluding hydrogens is 260 g/mol. The molecule has 20 heavy (non-hydrogen) atoms. The number of ether oxygens (including phenoxy) is 1. The van der Waals surface area contributed by atoms with Gasteiger partial charge in [0.25, 0.3) is 0 Å². The number of hydrogen-bond acceptors (Lipinski definition) is 4. The van der Waals surface area contributed by atoms with Crippen LogP contribution >= 0.6 is 0 Å². The first-order valence-corrected chi connectivity index (χ1v) is 7.06. The molecule has 1 saturated heterocycles.